The van der Waals surface area contributed by atoms with Crippen molar-refractivity contribution in [2.75, 3.05) is 26.7 Å². The maximum atomic E-state index is 5.65. The van der Waals surface area contributed by atoms with E-state index in [1.54, 1.807) is 0 Å². The molecule has 0 heterocycles. The van der Waals surface area contributed by atoms with E-state index < -0.39 is 0 Å². The van der Waals surface area contributed by atoms with Crippen LogP contribution in [-0.2, 0) is 4.74 Å². The number of nitrogens with zero attached hydrogens (tertiary/aromatic N) is 1. The Kier molecular flexibility index (Phi) is 5.45. The topological polar surface area (TPSA) is 38.5 Å². The minimum Gasteiger partial charge on any atom is -0.376 e. The van der Waals surface area contributed by atoms with Gasteiger partial charge in [0.2, 0.25) is 0 Å². The Balaban J connectivity index is 2.25. The lowest BCUT2D eigenvalue weighted by Crippen LogP contribution is -2.40. The third-order valence-electron chi connectivity index (χ3n) is 3.10. The van der Waals surface area contributed by atoms with E-state index in [0.717, 1.165) is 19.2 Å². The molecule has 0 radical (unpaired) electrons. The molecule has 1 unspecified atom stereocenters. The van der Waals surface area contributed by atoms with E-state index in [0.29, 0.717) is 6.54 Å². The SMILES string of the molecule is CCOC(CN)CN(C)C1CCCC1. The molecular formula is C11H24N2O. The van der Waals surface area contributed by atoms with Crippen LogP contribution >= 0.6 is 0 Å². The van der Waals surface area contributed by atoms with Gasteiger partial charge in [0.15, 0.2) is 0 Å². The molecule has 84 valence electrons. The molecule has 1 aliphatic rings. The van der Waals surface area contributed by atoms with Crippen LogP contribution in [0.3, 0.4) is 0 Å². The first-order chi connectivity index (χ1) is 6.77. The van der Waals surface area contributed by atoms with Crippen LogP contribution in [0.1, 0.15) is 32.6 Å². The predicted octanol–water partition coefficient (Wildman–Crippen LogP) is 1.22. The highest BCUT2D eigenvalue weighted by molar-refractivity contribution is 4.77. The van der Waals surface area contributed by atoms with Gasteiger partial charge in [0.1, 0.15) is 0 Å². The monoisotopic (exact) mass is 200 g/mol. The summed E-state index contributed by atoms with van der Waals surface area (Å²) in [6.45, 7) is 4.40. The van der Waals surface area contributed by atoms with Crippen molar-refractivity contribution in [1.29, 1.82) is 0 Å². The molecule has 0 amide bonds. The molecule has 0 aliphatic heterocycles. The first kappa shape index (κ1) is 12.0. The second-order valence-electron chi connectivity index (χ2n) is 4.19. The smallest absolute Gasteiger partial charge is 0.0823 e. The van der Waals surface area contributed by atoms with Gasteiger partial charge in [-0.1, -0.05) is 12.8 Å². The predicted molar refractivity (Wildman–Crippen MR) is 59.4 cm³/mol. The minimum absolute atomic E-state index is 0.214. The molecule has 0 spiro atoms. The second kappa shape index (κ2) is 6.38. The molecule has 3 nitrogen and oxygen atoms in total. The summed E-state index contributed by atoms with van der Waals surface area (Å²) in [7, 11) is 2.19. The van der Waals surface area contributed by atoms with Crippen LogP contribution in [0, 0.1) is 0 Å². The van der Waals surface area contributed by atoms with Crippen LogP contribution < -0.4 is 5.73 Å². The number of hydrogen-bond acceptors (Lipinski definition) is 3. The van der Waals surface area contributed by atoms with Crippen molar-refractivity contribution in [3.63, 3.8) is 0 Å². The molecule has 1 atom stereocenters. The van der Waals surface area contributed by atoms with E-state index in [9.17, 15) is 0 Å². The summed E-state index contributed by atoms with van der Waals surface area (Å²) in [5, 5.41) is 0. The molecule has 0 aromatic carbocycles. The highest BCUT2D eigenvalue weighted by atomic mass is 16.5. The third-order valence-corrected chi connectivity index (χ3v) is 3.10. The van der Waals surface area contributed by atoms with Crippen LogP contribution in [-0.4, -0.2) is 43.8 Å². The van der Waals surface area contributed by atoms with Crippen molar-refractivity contribution < 1.29 is 4.74 Å². The summed E-state index contributed by atoms with van der Waals surface area (Å²) in [5.74, 6) is 0. The first-order valence-electron chi connectivity index (χ1n) is 5.79. The molecule has 1 aliphatic carbocycles. The van der Waals surface area contributed by atoms with Gasteiger partial charge >= 0.3 is 0 Å². The molecule has 0 saturated heterocycles. The van der Waals surface area contributed by atoms with Crippen molar-refractivity contribution in [3.05, 3.63) is 0 Å². The molecular weight excluding hydrogens is 176 g/mol. The van der Waals surface area contributed by atoms with Gasteiger partial charge in [0.05, 0.1) is 6.10 Å². The van der Waals surface area contributed by atoms with Crippen molar-refractivity contribution in [1.82, 2.24) is 4.90 Å². The van der Waals surface area contributed by atoms with Gasteiger partial charge < -0.3 is 15.4 Å². The zero-order chi connectivity index (χ0) is 10.4. The van der Waals surface area contributed by atoms with Crippen molar-refractivity contribution in [2.24, 2.45) is 5.73 Å². The highest BCUT2D eigenvalue weighted by Gasteiger charge is 2.21. The van der Waals surface area contributed by atoms with Crippen molar-refractivity contribution in [3.8, 4) is 0 Å². The average molecular weight is 200 g/mol. The summed E-state index contributed by atoms with van der Waals surface area (Å²) in [6.07, 6.45) is 5.68. The fraction of sp³-hybridized carbons (Fsp3) is 1.00. The van der Waals surface area contributed by atoms with Gasteiger partial charge in [0.25, 0.3) is 0 Å². The van der Waals surface area contributed by atoms with Gasteiger partial charge in [0, 0.05) is 25.7 Å². The molecule has 0 aromatic rings. The van der Waals surface area contributed by atoms with Gasteiger partial charge in [-0.3, -0.25) is 0 Å². The van der Waals surface area contributed by atoms with Crippen LogP contribution in [0.15, 0.2) is 0 Å². The van der Waals surface area contributed by atoms with E-state index in [2.05, 4.69) is 11.9 Å². The highest BCUT2D eigenvalue weighted by Crippen LogP contribution is 2.22. The maximum Gasteiger partial charge on any atom is 0.0823 e. The number of hydrogen-bond donors (Lipinski definition) is 1. The minimum atomic E-state index is 0.214. The maximum absolute atomic E-state index is 5.65. The summed E-state index contributed by atoms with van der Waals surface area (Å²) >= 11 is 0. The number of nitrogens with two attached hydrogens (primary N) is 1. The molecule has 1 rings (SSSR count). The zero-order valence-corrected chi connectivity index (χ0v) is 9.54. The van der Waals surface area contributed by atoms with Gasteiger partial charge in [-0.05, 0) is 26.8 Å². The average Bonchev–Trinajstić information content (AvgIpc) is 2.69. The summed E-state index contributed by atoms with van der Waals surface area (Å²) in [4.78, 5) is 2.42. The Morgan fingerprint density at radius 1 is 1.43 bits per heavy atom. The standard InChI is InChI=1S/C11H24N2O/c1-3-14-11(8-12)9-13(2)10-6-4-5-7-10/h10-11H,3-9,12H2,1-2H3. The van der Waals surface area contributed by atoms with Gasteiger partial charge in [-0.2, -0.15) is 0 Å². The normalized spacial score (nSPS) is 20.6. The van der Waals surface area contributed by atoms with Gasteiger partial charge in [-0.15, -0.1) is 0 Å². The summed E-state index contributed by atoms with van der Waals surface area (Å²) in [5.41, 5.74) is 5.65. The van der Waals surface area contributed by atoms with Crippen LogP contribution in [0.2, 0.25) is 0 Å². The van der Waals surface area contributed by atoms with E-state index >= 15 is 0 Å². The van der Waals surface area contributed by atoms with Crippen LogP contribution in [0.4, 0.5) is 0 Å². The lowest BCUT2D eigenvalue weighted by atomic mass is 10.2. The Bertz CT molecular complexity index is 146. The van der Waals surface area contributed by atoms with E-state index in [4.69, 9.17) is 10.5 Å². The zero-order valence-electron chi connectivity index (χ0n) is 9.54. The van der Waals surface area contributed by atoms with Crippen molar-refractivity contribution in [2.45, 2.75) is 44.8 Å². The number of likely N-dealkylation sites (N-methyl/N-ethyl adjacent to an activating group) is 1. The molecule has 2 N–H and O–H groups in total. The Labute approximate surface area is 87.6 Å². The lowest BCUT2D eigenvalue weighted by molar-refractivity contribution is 0.0361. The molecule has 1 fully saturated rings. The Hall–Kier alpha value is -0.120. The van der Waals surface area contributed by atoms with Gasteiger partial charge in [-0.25, -0.2) is 0 Å². The first-order valence-corrected chi connectivity index (χ1v) is 5.79. The number of ether oxygens (including phenoxy) is 1. The fourth-order valence-corrected chi connectivity index (χ4v) is 2.25. The fourth-order valence-electron chi connectivity index (χ4n) is 2.25. The Morgan fingerprint density at radius 3 is 2.57 bits per heavy atom. The Morgan fingerprint density at radius 2 is 2.07 bits per heavy atom. The van der Waals surface area contributed by atoms with Crippen LogP contribution in [0.25, 0.3) is 0 Å². The third kappa shape index (κ3) is 3.56. The quantitative estimate of drug-likeness (QED) is 0.701. The summed E-state index contributed by atoms with van der Waals surface area (Å²) in [6, 6.07) is 0.768. The van der Waals surface area contributed by atoms with E-state index in [-0.39, 0.29) is 6.10 Å². The molecule has 14 heavy (non-hydrogen) atoms. The van der Waals surface area contributed by atoms with Crippen molar-refractivity contribution >= 4 is 0 Å². The summed E-state index contributed by atoms with van der Waals surface area (Å²) < 4.78 is 5.55. The lowest BCUT2D eigenvalue weighted by Gasteiger charge is -2.28. The molecule has 1 saturated carbocycles. The molecule has 3 heteroatoms. The largest absolute Gasteiger partial charge is 0.376 e. The molecule has 0 bridgehead atoms. The van der Waals surface area contributed by atoms with E-state index in [1.165, 1.54) is 25.7 Å². The molecule has 0 aromatic heterocycles. The number of rotatable bonds is 6. The second-order valence-corrected chi connectivity index (χ2v) is 4.19. The van der Waals surface area contributed by atoms with Crippen LogP contribution in [0.5, 0.6) is 0 Å². The van der Waals surface area contributed by atoms with E-state index in [1.807, 2.05) is 6.92 Å².